The number of ether oxygens (including phenoxy) is 1. The highest BCUT2D eigenvalue weighted by molar-refractivity contribution is 5.77. The summed E-state index contributed by atoms with van der Waals surface area (Å²) < 4.78 is 5.50. The lowest BCUT2D eigenvalue weighted by molar-refractivity contribution is -0.134. The van der Waals surface area contributed by atoms with E-state index in [1.165, 1.54) is 0 Å². The van der Waals surface area contributed by atoms with Crippen LogP contribution < -0.4 is 10.1 Å². The molecule has 0 radical (unpaired) electrons. The Hall–Kier alpha value is -1.55. The number of nitrogens with one attached hydrogen (secondary N) is 1. The number of hydrogen-bond acceptors (Lipinski definition) is 3. The molecule has 104 valence electrons. The first kappa shape index (κ1) is 13.9. The standard InChI is InChI=1S/C15H22N2O2/c1-17(13-6-5-10-16-11-9-13)15(18)12-19-14-7-3-2-4-8-14/h2-4,7-8,13,16H,5-6,9-12H2,1H3/t13-/m0/s1. The van der Waals surface area contributed by atoms with Gasteiger partial charge >= 0.3 is 0 Å². The van der Waals surface area contributed by atoms with Crippen molar-refractivity contribution >= 4 is 5.91 Å². The van der Waals surface area contributed by atoms with Gasteiger partial charge in [0.05, 0.1) is 0 Å². The third-order valence-electron chi connectivity index (χ3n) is 3.59. The van der Waals surface area contributed by atoms with Gasteiger partial charge in [-0.1, -0.05) is 18.2 Å². The Bertz CT molecular complexity index is 386. The van der Waals surface area contributed by atoms with Gasteiger partial charge in [0.25, 0.3) is 5.91 Å². The molecule has 1 aliphatic rings. The molecular formula is C15H22N2O2. The minimum absolute atomic E-state index is 0.0516. The van der Waals surface area contributed by atoms with E-state index in [0.717, 1.165) is 38.1 Å². The summed E-state index contributed by atoms with van der Waals surface area (Å²) in [6, 6.07) is 9.80. The van der Waals surface area contributed by atoms with E-state index in [4.69, 9.17) is 4.74 Å². The lowest BCUT2D eigenvalue weighted by Crippen LogP contribution is -2.40. The van der Waals surface area contributed by atoms with Crippen molar-refractivity contribution in [2.75, 3.05) is 26.7 Å². The fraction of sp³-hybridized carbons (Fsp3) is 0.533. The Morgan fingerprint density at radius 1 is 1.32 bits per heavy atom. The van der Waals surface area contributed by atoms with Crippen LogP contribution in [0.2, 0.25) is 0 Å². The number of para-hydroxylation sites is 1. The number of carbonyl (C=O) groups is 1. The monoisotopic (exact) mass is 262 g/mol. The molecule has 2 rings (SSSR count). The van der Waals surface area contributed by atoms with Crippen molar-refractivity contribution in [1.82, 2.24) is 10.2 Å². The summed E-state index contributed by atoms with van der Waals surface area (Å²) in [7, 11) is 1.88. The molecule has 1 amide bonds. The van der Waals surface area contributed by atoms with E-state index in [1.54, 1.807) is 0 Å². The van der Waals surface area contributed by atoms with E-state index in [-0.39, 0.29) is 12.5 Å². The number of carbonyl (C=O) groups excluding carboxylic acids is 1. The molecule has 19 heavy (non-hydrogen) atoms. The van der Waals surface area contributed by atoms with Gasteiger partial charge in [-0.15, -0.1) is 0 Å². The minimum atomic E-state index is 0.0516. The average Bonchev–Trinajstić information content (AvgIpc) is 2.74. The quantitative estimate of drug-likeness (QED) is 0.897. The van der Waals surface area contributed by atoms with E-state index < -0.39 is 0 Å². The molecule has 0 aliphatic carbocycles. The second-order valence-electron chi connectivity index (χ2n) is 4.94. The number of hydrogen-bond donors (Lipinski definition) is 1. The zero-order valence-corrected chi connectivity index (χ0v) is 11.5. The smallest absolute Gasteiger partial charge is 0.260 e. The Balaban J connectivity index is 1.81. The van der Waals surface area contributed by atoms with Crippen LogP contribution in [0.25, 0.3) is 0 Å². The van der Waals surface area contributed by atoms with Crippen molar-refractivity contribution in [3.63, 3.8) is 0 Å². The lowest BCUT2D eigenvalue weighted by Gasteiger charge is -2.27. The minimum Gasteiger partial charge on any atom is -0.484 e. The molecule has 1 heterocycles. The number of likely N-dealkylation sites (N-methyl/N-ethyl adjacent to an activating group) is 1. The fourth-order valence-electron chi connectivity index (χ4n) is 2.36. The van der Waals surface area contributed by atoms with Gasteiger partial charge < -0.3 is 15.0 Å². The number of nitrogens with zero attached hydrogens (tertiary/aromatic N) is 1. The van der Waals surface area contributed by atoms with Crippen molar-refractivity contribution in [3.8, 4) is 5.75 Å². The first-order chi connectivity index (χ1) is 9.27. The van der Waals surface area contributed by atoms with Crippen LogP contribution >= 0.6 is 0 Å². The molecule has 1 fully saturated rings. The van der Waals surface area contributed by atoms with Crippen LogP contribution in [0.3, 0.4) is 0 Å². The van der Waals surface area contributed by atoms with Crippen LogP contribution in [0, 0.1) is 0 Å². The molecule has 0 unspecified atom stereocenters. The highest BCUT2D eigenvalue weighted by atomic mass is 16.5. The fourth-order valence-corrected chi connectivity index (χ4v) is 2.36. The van der Waals surface area contributed by atoms with Gasteiger partial charge in [0.15, 0.2) is 6.61 Å². The molecule has 1 aromatic carbocycles. The SMILES string of the molecule is CN(C(=O)COc1ccccc1)[C@H]1CCCNCC1. The molecule has 0 spiro atoms. The van der Waals surface area contributed by atoms with Crippen molar-refractivity contribution < 1.29 is 9.53 Å². The van der Waals surface area contributed by atoms with Crippen LogP contribution in [0.1, 0.15) is 19.3 Å². The number of benzene rings is 1. The van der Waals surface area contributed by atoms with Crippen molar-refractivity contribution in [2.45, 2.75) is 25.3 Å². The first-order valence-corrected chi connectivity index (χ1v) is 6.91. The van der Waals surface area contributed by atoms with Gasteiger partial charge in [0.1, 0.15) is 5.75 Å². The van der Waals surface area contributed by atoms with Crippen LogP contribution in [0.5, 0.6) is 5.75 Å². The molecule has 1 aliphatic heterocycles. The van der Waals surface area contributed by atoms with E-state index in [1.807, 2.05) is 42.3 Å². The maximum absolute atomic E-state index is 12.1. The molecule has 1 saturated heterocycles. The summed E-state index contributed by atoms with van der Waals surface area (Å²) >= 11 is 0. The molecule has 1 aromatic rings. The Morgan fingerprint density at radius 2 is 2.11 bits per heavy atom. The normalized spacial score (nSPS) is 19.5. The predicted molar refractivity (Wildman–Crippen MR) is 75.2 cm³/mol. The van der Waals surface area contributed by atoms with Crippen molar-refractivity contribution in [3.05, 3.63) is 30.3 Å². The van der Waals surface area contributed by atoms with Crippen molar-refractivity contribution in [2.24, 2.45) is 0 Å². The molecule has 1 N–H and O–H groups in total. The summed E-state index contributed by atoms with van der Waals surface area (Å²) in [5.74, 6) is 0.794. The second-order valence-corrected chi connectivity index (χ2v) is 4.94. The second kappa shape index (κ2) is 7.14. The highest BCUT2D eigenvalue weighted by Crippen LogP contribution is 2.13. The summed E-state index contributed by atoms with van der Waals surface area (Å²) in [4.78, 5) is 14.0. The summed E-state index contributed by atoms with van der Waals surface area (Å²) in [5.41, 5.74) is 0. The third-order valence-corrected chi connectivity index (χ3v) is 3.59. The van der Waals surface area contributed by atoms with Crippen LogP contribution in [0.15, 0.2) is 30.3 Å². The summed E-state index contributed by atoms with van der Waals surface area (Å²) in [6.07, 6.45) is 3.22. The summed E-state index contributed by atoms with van der Waals surface area (Å²) in [6.45, 7) is 2.16. The van der Waals surface area contributed by atoms with Crippen LogP contribution in [0.4, 0.5) is 0 Å². The molecule has 0 aromatic heterocycles. The van der Waals surface area contributed by atoms with Gasteiger partial charge in [0.2, 0.25) is 0 Å². The highest BCUT2D eigenvalue weighted by Gasteiger charge is 2.21. The van der Waals surface area contributed by atoms with E-state index in [9.17, 15) is 4.79 Å². The zero-order chi connectivity index (χ0) is 13.5. The van der Waals surface area contributed by atoms with E-state index in [0.29, 0.717) is 6.04 Å². The molecule has 1 atom stereocenters. The van der Waals surface area contributed by atoms with Crippen LogP contribution in [-0.4, -0.2) is 43.6 Å². The molecule has 0 saturated carbocycles. The number of amides is 1. The third kappa shape index (κ3) is 4.24. The van der Waals surface area contributed by atoms with Gasteiger partial charge in [-0.25, -0.2) is 0 Å². The molecule has 4 nitrogen and oxygen atoms in total. The van der Waals surface area contributed by atoms with Crippen LogP contribution in [-0.2, 0) is 4.79 Å². The zero-order valence-electron chi connectivity index (χ0n) is 11.5. The Morgan fingerprint density at radius 3 is 2.89 bits per heavy atom. The average molecular weight is 262 g/mol. The molecule has 4 heteroatoms. The first-order valence-electron chi connectivity index (χ1n) is 6.91. The lowest BCUT2D eigenvalue weighted by atomic mass is 10.1. The largest absolute Gasteiger partial charge is 0.484 e. The maximum Gasteiger partial charge on any atom is 0.260 e. The van der Waals surface area contributed by atoms with Gasteiger partial charge in [-0.3, -0.25) is 4.79 Å². The molecular weight excluding hydrogens is 240 g/mol. The van der Waals surface area contributed by atoms with Gasteiger partial charge in [-0.2, -0.15) is 0 Å². The predicted octanol–water partition coefficient (Wildman–Crippen LogP) is 1.67. The van der Waals surface area contributed by atoms with Gasteiger partial charge in [0, 0.05) is 13.1 Å². The summed E-state index contributed by atoms with van der Waals surface area (Å²) in [5, 5.41) is 3.36. The number of rotatable bonds is 4. The topological polar surface area (TPSA) is 41.6 Å². The molecule has 0 bridgehead atoms. The Kier molecular flexibility index (Phi) is 5.21. The van der Waals surface area contributed by atoms with Gasteiger partial charge in [-0.05, 0) is 44.5 Å². The van der Waals surface area contributed by atoms with E-state index in [2.05, 4.69) is 5.32 Å². The van der Waals surface area contributed by atoms with E-state index >= 15 is 0 Å². The maximum atomic E-state index is 12.1. The van der Waals surface area contributed by atoms with Crippen molar-refractivity contribution in [1.29, 1.82) is 0 Å². The Labute approximate surface area is 114 Å².